The standard InChI is InChI=1S/C15H18N2O/c1-18-14-9-12(10-17-11-14)7-8-15(16)13-5-3-2-4-6-13/h2-6,9-11,15H,7-8,16H2,1H3. The summed E-state index contributed by atoms with van der Waals surface area (Å²) in [5.74, 6) is 0.792. The van der Waals surface area contributed by atoms with Crippen LogP contribution in [0.1, 0.15) is 23.6 Å². The van der Waals surface area contributed by atoms with Crippen LogP contribution in [-0.4, -0.2) is 12.1 Å². The van der Waals surface area contributed by atoms with Crippen molar-refractivity contribution >= 4 is 0 Å². The molecule has 1 unspecified atom stereocenters. The number of nitrogens with two attached hydrogens (primary N) is 1. The highest BCUT2D eigenvalue weighted by molar-refractivity contribution is 5.24. The quantitative estimate of drug-likeness (QED) is 0.877. The Morgan fingerprint density at radius 2 is 2.00 bits per heavy atom. The van der Waals surface area contributed by atoms with E-state index in [1.54, 1.807) is 13.3 Å². The topological polar surface area (TPSA) is 48.1 Å². The highest BCUT2D eigenvalue weighted by atomic mass is 16.5. The van der Waals surface area contributed by atoms with Crippen molar-refractivity contribution in [2.24, 2.45) is 5.73 Å². The lowest BCUT2D eigenvalue weighted by Crippen LogP contribution is -2.11. The Bertz CT molecular complexity index is 485. The number of methoxy groups -OCH3 is 1. The number of hydrogen-bond donors (Lipinski definition) is 1. The predicted octanol–water partition coefficient (Wildman–Crippen LogP) is 2.72. The van der Waals surface area contributed by atoms with Crippen molar-refractivity contribution in [1.82, 2.24) is 4.98 Å². The van der Waals surface area contributed by atoms with Gasteiger partial charge in [-0.1, -0.05) is 30.3 Å². The van der Waals surface area contributed by atoms with Crippen LogP contribution in [-0.2, 0) is 6.42 Å². The Morgan fingerprint density at radius 1 is 1.22 bits per heavy atom. The molecule has 0 amide bonds. The molecular formula is C15H18N2O. The molecule has 0 saturated heterocycles. The molecule has 0 radical (unpaired) electrons. The van der Waals surface area contributed by atoms with Crippen LogP contribution >= 0.6 is 0 Å². The summed E-state index contributed by atoms with van der Waals surface area (Å²) in [5.41, 5.74) is 8.49. The Balaban J connectivity index is 1.95. The van der Waals surface area contributed by atoms with E-state index >= 15 is 0 Å². The van der Waals surface area contributed by atoms with Crippen LogP contribution in [0.25, 0.3) is 0 Å². The SMILES string of the molecule is COc1cncc(CCC(N)c2ccccc2)c1. The molecule has 18 heavy (non-hydrogen) atoms. The van der Waals surface area contributed by atoms with Gasteiger partial charge in [0.15, 0.2) is 0 Å². The van der Waals surface area contributed by atoms with E-state index in [9.17, 15) is 0 Å². The summed E-state index contributed by atoms with van der Waals surface area (Å²) in [6, 6.07) is 12.2. The van der Waals surface area contributed by atoms with Gasteiger partial charge in [-0.3, -0.25) is 4.98 Å². The van der Waals surface area contributed by atoms with Gasteiger partial charge in [-0.15, -0.1) is 0 Å². The second kappa shape index (κ2) is 6.17. The summed E-state index contributed by atoms with van der Waals surface area (Å²) in [6.07, 6.45) is 5.37. The third-order valence-electron chi connectivity index (χ3n) is 2.98. The van der Waals surface area contributed by atoms with Crippen LogP contribution in [0.2, 0.25) is 0 Å². The van der Waals surface area contributed by atoms with E-state index in [0.29, 0.717) is 0 Å². The minimum absolute atomic E-state index is 0.0670. The van der Waals surface area contributed by atoms with Gasteiger partial charge < -0.3 is 10.5 Å². The van der Waals surface area contributed by atoms with Crippen molar-refractivity contribution in [3.8, 4) is 5.75 Å². The zero-order valence-electron chi connectivity index (χ0n) is 10.5. The molecule has 2 aromatic rings. The molecule has 1 aromatic carbocycles. The fourth-order valence-electron chi connectivity index (χ4n) is 1.90. The Kier molecular flexibility index (Phi) is 4.31. The first-order chi connectivity index (χ1) is 8.79. The van der Waals surface area contributed by atoms with Crippen LogP contribution in [0, 0.1) is 0 Å². The third-order valence-corrected chi connectivity index (χ3v) is 2.98. The zero-order chi connectivity index (χ0) is 12.8. The first-order valence-electron chi connectivity index (χ1n) is 6.08. The first kappa shape index (κ1) is 12.6. The molecule has 0 aliphatic heterocycles. The van der Waals surface area contributed by atoms with E-state index in [4.69, 9.17) is 10.5 Å². The monoisotopic (exact) mass is 242 g/mol. The summed E-state index contributed by atoms with van der Waals surface area (Å²) in [4.78, 5) is 4.14. The van der Waals surface area contributed by atoms with Crippen molar-refractivity contribution in [1.29, 1.82) is 0 Å². The van der Waals surface area contributed by atoms with Crippen LogP contribution in [0.5, 0.6) is 5.75 Å². The maximum atomic E-state index is 6.16. The molecule has 2 N–H and O–H groups in total. The summed E-state index contributed by atoms with van der Waals surface area (Å²) >= 11 is 0. The largest absolute Gasteiger partial charge is 0.495 e. The highest BCUT2D eigenvalue weighted by Gasteiger charge is 2.06. The van der Waals surface area contributed by atoms with E-state index in [1.165, 1.54) is 5.56 Å². The fraction of sp³-hybridized carbons (Fsp3) is 0.267. The van der Waals surface area contributed by atoms with Crippen molar-refractivity contribution in [2.45, 2.75) is 18.9 Å². The lowest BCUT2D eigenvalue weighted by atomic mass is 10.0. The molecule has 0 saturated carbocycles. The number of aryl methyl sites for hydroxylation is 1. The molecule has 1 atom stereocenters. The summed E-state index contributed by atoms with van der Waals surface area (Å²) in [5, 5.41) is 0. The summed E-state index contributed by atoms with van der Waals surface area (Å²) in [7, 11) is 1.65. The van der Waals surface area contributed by atoms with Gasteiger partial charge in [0.1, 0.15) is 5.75 Å². The minimum atomic E-state index is 0.0670. The fourth-order valence-corrected chi connectivity index (χ4v) is 1.90. The van der Waals surface area contributed by atoms with Crippen molar-refractivity contribution in [2.75, 3.05) is 7.11 Å². The van der Waals surface area contributed by atoms with Gasteiger partial charge in [0.05, 0.1) is 13.3 Å². The van der Waals surface area contributed by atoms with Gasteiger partial charge in [0.25, 0.3) is 0 Å². The minimum Gasteiger partial charge on any atom is -0.495 e. The Morgan fingerprint density at radius 3 is 2.72 bits per heavy atom. The number of aromatic nitrogens is 1. The van der Waals surface area contributed by atoms with Crippen LogP contribution in [0.15, 0.2) is 48.8 Å². The predicted molar refractivity (Wildman–Crippen MR) is 72.5 cm³/mol. The molecule has 0 aliphatic carbocycles. The van der Waals surface area contributed by atoms with Crippen LogP contribution in [0.4, 0.5) is 0 Å². The molecule has 0 spiro atoms. The summed E-state index contributed by atoms with van der Waals surface area (Å²) < 4.78 is 5.15. The smallest absolute Gasteiger partial charge is 0.137 e. The molecule has 3 heteroatoms. The van der Waals surface area contributed by atoms with Gasteiger partial charge in [0.2, 0.25) is 0 Å². The number of benzene rings is 1. The molecule has 3 nitrogen and oxygen atoms in total. The number of rotatable bonds is 5. The van der Waals surface area contributed by atoms with Crippen molar-refractivity contribution in [3.05, 3.63) is 59.9 Å². The molecule has 0 bridgehead atoms. The molecule has 0 fully saturated rings. The zero-order valence-corrected chi connectivity index (χ0v) is 10.5. The van der Waals surface area contributed by atoms with E-state index in [2.05, 4.69) is 17.1 Å². The maximum absolute atomic E-state index is 6.16. The molecule has 1 aromatic heterocycles. The van der Waals surface area contributed by atoms with Crippen LogP contribution < -0.4 is 10.5 Å². The van der Waals surface area contributed by atoms with Crippen molar-refractivity contribution < 1.29 is 4.74 Å². The van der Waals surface area contributed by atoms with E-state index < -0.39 is 0 Å². The number of ether oxygens (including phenoxy) is 1. The lowest BCUT2D eigenvalue weighted by molar-refractivity contribution is 0.412. The van der Waals surface area contributed by atoms with E-state index in [0.717, 1.165) is 24.2 Å². The van der Waals surface area contributed by atoms with Gasteiger partial charge in [-0.05, 0) is 30.0 Å². The van der Waals surface area contributed by atoms with Gasteiger partial charge in [-0.25, -0.2) is 0 Å². The van der Waals surface area contributed by atoms with Crippen LogP contribution in [0.3, 0.4) is 0 Å². The Hall–Kier alpha value is -1.87. The second-order valence-corrected chi connectivity index (χ2v) is 4.29. The number of hydrogen-bond acceptors (Lipinski definition) is 3. The first-order valence-corrected chi connectivity index (χ1v) is 6.08. The lowest BCUT2D eigenvalue weighted by Gasteiger charge is -2.12. The highest BCUT2D eigenvalue weighted by Crippen LogP contribution is 2.18. The average molecular weight is 242 g/mol. The summed E-state index contributed by atoms with van der Waals surface area (Å²) in [6.45, 7) is 0. The number of pyridine rings is 1. The molecule has 0 aliphatic rings. The average Bonchev–Trinajstić information content (AvgIpc) is 2.46. The van der Waals surface area contributed by atoms with E-state index in [-0.39, 0.29) is 6.04 Å². The third kappa shape index (κ3) is 3.31. The van der Waals surface area contributed by atoms with Gasteiger partial charge >= 0.3 is 0 Å². The molecule has 2 rings (SSSR count). The molecule has 1 heterocycles. The maximum Gasteiger partial charge on any atom is 0.137 e. The molecule has 94 valence electrons. The van der Waals surface area contributed by atoms with Gasteiger partial charge in [0, 0.05) is 12.2 Å². The normalized spacial score (nSPS) is 12.1. The Labute approximate surface area is 108 Å². The number of nitrogens with zero attached hydrogens (tertiary/aromatic N) is 1. The van der Waals surface area contributed by atoms with E-state index in [1.807, 2.05) is 30.5 Å². The second-order valence-electron chi connectivity index (χ2n) is 4.29. The van der Waals surface area contributed by atoms with Crippen molar-refractivity contribution in [3.63, 3.8) is 0 Å². The molecular weight excluding hydrogens is 224 g/mol. The van der Waals surface area contributed by atoms with Gasteiger partial charge in [-0.2, -0.15) is 0 Å².